The zero-order valence-electron chi connectivity index (χ0n) is 13.9. The summed E-state index contributed by atoms with van der Waals surface area (Å²) in [6.07, 6.45) is 0. The van der Waals surface area contributed by atoms with E-state index >= 15 is 0 Å². The SMILES string of the molecule is Brc1ccc2c(c1)CN(c1cccc(-c3nc4ccccc4[nH]3)c1)CO2. The molecule has 1 aliphatic rings. The van der Waals surface area contributed by atoms with Gasteiger partial charge in [0.15, 0.2) is 6.73 Å². The van der Waals surface area contributed by atoms with Crippen LogP contribution in [0.5, 0.6) is 5.75 Å². The zero-order valence-corrected chi connectivity index (χ0v) is 15.5. The van der Waals surface area contributed by atoms with Gasteiger partial charge in [-0.25, -0.2) is 4.98 Å². The second-order valence-corrected chi connectivity index (χ2v) is 7.29. The summed E-state index contributed by atoms with van der Waals surface area (Å²) in [4.78, 5) is 10.3. The number of ether oxygens (including phenoxy) is 1. The number of rotatable bonds is 2. The molecule has 0 aliphatic carbocycles. The lowest BCUT2D eigenvalue weighted by Gasteiger charge is -2.31. The average molecular weight is 406 g/mol. The topological polar surface area (TPSA) is 41.2 Å². The van der Waals surface area contributed by atoms with Gasteiger partial charge in [0.05, 0.1) is 11.0 Å². The lowest BCUT2D eigenvalue weighted by Crippen LogP contribution is -2.31. The van der Waals surface area contributed by atoms with E-state index in [9.17, 15) is 0 Å². The van der Waals surface area contributed by atoms with Gasteiger partial charge in [0.2, 0.25) is 0 Å². The van der Waals surface area contributed by atoms with Crippen molar-refractivity contribution < 1.29 is 4.74 Å². The van der Waals surface area contributed by atoms with Gasteiger partial charge in [0.25, 0.3) is 0 Å². The zero-order chi connectivity index (χ0) is 17.5. The van der Waals surface area contributed by atoms with Gasteiger partial charge < -0.3 is 14.6 Å². The van der Waals surface area contributed by atoms with E-state index in [1.54, 1.807) is 0 Å². The van der Waals surface area contributed by atoms with Crippen LogP contribution in [0.1, 0.15) is 5.56 Å². The minimum absolute atomic E-state index is 0.540. The van der Waals surface area contributed by atoms with E-state index in [-0.39, 0.29) is 0 Å². The molecule has 128 valence electrons. The fourth-order valence-corrected chi connectivity index (χ4v) is 3.72. The number of halogens is 1. The van der Waals surface area contributed by atoms with Crippen molar-refractivity contribution in [1.29, 1.82) is 0 Å². The number of imidazole rings is 1. The summed E-state index contributed by atoms with van der Waals surface area (Å²) in [5.74, 6) is 1.84. The Morgan fingerprint density at radius 1 is 1.00 bits per heavy atom. The van der Waals surface area contributed by atoms with Crippen molar-refractivity contribution in [3.8, 4) is 17.1 Å². The van der Waals surface area contributed by atoms with Crippen LogP contribution in [0.25, 0.3) is 22.4 Å². The molecule has 1 aromatic heterocycles. The Kier molecular flexibility index (Phi) is 3.68. The molecule has 5 rings (SSSR count). The molecule has 0 saturated heterocycles. The maximum absolute atomic E-state index is 5.92. The van der Waals surface area contributed by atoms with Crippen LogP contribution in [0.3, 0.4) is 0 Å². The molecule has 0 atom stereocenters. The molecule has 2 heterocycles. The molecular weight excluding hydrogens is 390 g/mol. The number of H-pyrrole nitrogens is 1. The van der Waals surface area contributed by atoms with Crippen LogP contribution in [0.2, 0.25) is 0 Å². The minimum Gasteiger partial charge on any atom is -0.473 e. The number of hydrogen-bond acceptors (Lipinski definition) is 3. The molecule has 3 aromatic carbocycles. The van der Waals surface area contributed by atoms with Crippen molar-refractivity contribution in [2.45, 2.75) is 6.54 Å². The van der Waals surface area contributed by atoms with E-state index in [2.05, 4.69) is 56.1 Å². The van der Waals surface area contributed by atoms with Gasteiger partial charge in [-0.1, -0.05) is 40.2 Å². The summed E-state index contributed by atoms with van der Waals surface area (Å²) >= 11 is 3.54. The standard InChI is InChI=1S/C21H16BrN3O/c22-16-8-9-20-15(10-16)12-25(13-26-20)17-5-3-4-14(11-17)21-23-18-6-1-2-7-19(18)24-21/h1-11H,12-13H2,(H,23,24). The second kappa shape index (κ2) is 6.18. The number of benzene rings is 3. The first-order valence-electron chi connectivity index (χ1n) is 8.48. The summed E-state index contributed by atoms with van der Waals surface area (Å²) in [5.41, 5.74) is 5.40. The van der Waals surface area contributed by atoms with E-state index in [1.165, 1.54) is 5.56 Å². The molecule has 4 aromatic rings. The molecule has 4 nitrogen and oxygen atoms in total. The fourth-order valence-electron chi connectivity index (χ4n) is 3.32. The van der Waals surface area contributed by atoms with Crippen molar-refractivity contribution in [2.75, 3.05) is 11.6 Å². The van der Waals surface area contributed by atoms with Gasteiger partial charge in [0.1, 0.15) is 11.6 Å². The van der Waals surface area contributed by atoms with E-state index in [0.29, 0.717) is 6.73 Å². The smallest absolute Gasteiger partial charge is 0.161 e. The van der Waals surface area contributed by atoms with Crippen LogP contribution in [0.15, 0.2) is 71.2 Å². The highest BCUT2D eigenvalue weighted by atomic mass is 79.9. The first kappa shape index (κ1) is 15.5. The third kappa shape index (κ3) is 2.74. The van der Waals surface area contributed by atoms with E-state index < -0.39 is 0 Å². The highest BCUT2D eigenvalue weighted by Gasteiger charge is 2.18. The van der Waals surface area contributed by atoms with Gasteiger partial charge in [-0.15, -0.1) is 0 Å². The number of anilines is 1. The lowest BCUT2D eigenvalue weighted by molar-refractivity contribution is 0.289. The predicted molar refractivity (Wildman–Crippen MR) is 107 cm³/mol. The molecule has 1 aliphatic heterocycles. The van der Waals surface area contributed by atoms with E-state index in [4.69, 9.17) is 9.72 Å². The number of para-hydroxylation sites is 2. The van der Waals surface area contributed by atoms with Crippen molar-refractivity contribution in [3.63, 3.8) is 0 Å². The van der Waals surface area contributed by atoms with Crippen molar-refractivity contribution in [1.82, 2.24) is 9.97 Å². The van der Waals surface area contributed by atoms with Crippen LogP contribution in [0.4, 0.5) is 5.69 Å². The van der Waals surface area contributed by atoms with Crippen LogP contribution in [0, 0.1) is 0 Å². The summed E-state index contributed by atoms with van der Waals surface area (Å²) < 4.78 is 6.99. The maximum Gasteiger partial charge on any atom is 0.161 e. The summed E-state index contributed by atoms with van der Waals surface area (Å²) in [7, 11) is 0. The summed E-state index contributed by atoms with van der Waals surface area (Å²) in [6.45, 7) is 1.36. The van der Waals surface area contributed by atoms with Gasteiger partial charge in [-0.3, -0.25) is 0 Å². The Morgan fingerprint density at radius 2 is 1.92 bits per heavy atom. The predicted octanol–water partition coefficient (Wildman–Crippen LogP) is 5.35. The molecule has 0 radical (unpaired) electrons. The van der Waals surface area contributed by atoms with Crippen molar-refractivity contribution in [2.24, 2.45) is 0 Å². The summed E-state index contributed by atoms with van der Waals surface area (Å²) in [5, 5.41) is 0. The second-order valence-electron chi connectivity index (χ2n) is 6.38. The third-order valence-corrected chi connectivity index (χ3v) is 5.13. The normalized spacial score (nSPS) is 13.5. The molecule has 26 heavy (non-hydrogen) atoms. The Hall–Kier alpha value is -2.79. The van der Waals surface area contributed by atoms with Gasteiger partial charge in [-0.05, 0) is 42.5 Å². The van der Waals surface area contributed by atoms with Gasteiger partial charge >= 0.3 is 0 Å². The summed E-state index contributed by atoms with van der Waals surface area (Å²) in [6, 6.07) is 22.6. The fraction of sp³-hybridized carbons (Fsp3) is 0.0952. The van der Waals surface area contributed by atoms with Crippen LogP contribution < -0.4 is 9.64 Å². The third-order valence-electron chi connectivity index (χ3n) is 4.63. The van der Waals surface area contributed by atoms with Crippen LogP contribution in [-0.2, 0) is 6.54 Å². The molecule has 0 fully saturated rings. The molecule has 1 N–H and O–H groups in total. The highest BCUT2D eigenvalue weighted by Crippen LogP contribution is 2.32. The molecule has 0 amide bonds. The first-order valence-corrected chi connectivity index (χ1v) is 9.27. The maximum atomic E-state index is 5.92. The Labute approximate surface area is 159 Å². The molecule has 0 bridgehead atoms. The van der Waals surface area contributed by atoms with Gasteiger partial charge in [0, 0.05) is 27.8 Å². The van der Waals surface area contributed by atoms with Crippen molar-refractivity contribution >= 4 is 32.7 Å². The highest BCUT2D eigenvalue weighted by molar-refractivity contribution is 9.10. The molecule has 0 unspecified atom stereocenters. The number of nitrogens with one attached hydrogen (secondary N) is 1. The number of fused-ring (bicyclic) bond motifs is 2. The quantitative estimate of drug-likeness (QED) is 0.488. The molecule has 0 saturated carbocycles. The Bertz CT molecular complexity index is 1070. The van der Waals surface area contributed by atoms with Crippen molar-refractivity contribution in [3.05, 3.63) is 76.8 Å². The monoisotopic (exact) mass is 405 g/mol. The lowest BCUT2D eigenvalue weighted by atomic mass is 10.1. The van der Waals surface area contributed by atoms with Crippen LogP contribution in [-0.4, -0.2) is 16.7 Å². The largest absolute Gasteiger partial charge is 0.473 e. The molecular formula is C21H16BrN3O. The van der Waals surface area contributed by atoms with E-state index in [0.717, 1.165) is 44.9 Å². The van der Waals surface area contributed by atoms with Crippen LogP contribution >= 0.6 is 15.9 Å². The number of hydrogen-bond donors (Lipinski definition) is 1. The first-order chi connectivity index (χ1) is 12.8. The number of aromatic amines is 1. The van der Waals surface area contributed by atoms with E-state index in [1.807, 2.05) is 36.4 Å². The molecule has 5 heteroatoms. The Balaban J connectivity index is 1.48. The number of aromatic nitrogens is 2. The van der Waals surface area contributed by atoms with Gasteiger partial charge in [-0.2, -0.15) is 0 Å². The Morgan fingerprint density at radius 3 is 2.85 bits per heavy atom. The number of nitrogens with zero attached hydrogens (tertiary/aromatic N) is 2. The molecule has 0 spiro atoms. The minimum atomic E-state index is 0.540. The average Bonchev–Trinajstić information content (AvgIpc) is 3.12.